The molecule has 0 aliphatic carbocycles. The number of carbonyl (C=O) groups is 1. The van der Waals surface area contributed by atoms with Crippen molar-refractivity contribution in [1.29, 1.82) is 0 Å². The van der Waals surface area contributed by atoms with Crippen LogP contribution in [0.2, 0.25) is 0 Å². The zero-order chi connectivity index (χ0) is 14.0. The summed E-state index contributed by atoms with van der Waals surface area (Å²) in [4.78, 5) is 23.9. The average molecular weight is 257 g/mol. The lowest BCUT2D eigenvalue weighted by Crippen LogP contribution is -2.09. The molecular weight excluding hydrogens is 242 g/mol. The number of hydrogen-bond donors (Lipinski definition) is 1. The van der Waals surface area contributed by atoms with Crippen molar-refractivity contribution < 1.29 is 9.90 Å². The van der Waals surface area contributed by atoms with Gasteiger partial charge >= 0.3 is 5.97 Å². The summed E-state index contributed by atoms with van der Waals surface area (Å²) < 4.78 is 0. The van der Waals surface area contributed by atoms with Gasteiger partial charge in [0.2, 0.25) is 0 Å². The molecular formula is C14H15N3O2. The van der Waals surface area contributed by atoms with Crippen LogP contribution in [0.4, 0.5) is 0 Å². The number of nitrogens with zero attached hydrogens (tertiary/aromatic N) is 3. The first-order valence-corrected chi connectivity index (χ1v) is 5.97. The minimum absolute atomic E-state index is 0.0564. The van der Waals surface area contributed by atoms with Crippen molar-refractivity contribution in [3.63, 3.8) is 0 Å². The van der Waals surface area contributed by atoms with Gasteiger partial charge in [-0.05, 0) is 32.4 Å². The molecule has 0 saturated heterocycles. The van der Waals surface area contributed by atoms with Crippen LogP contribution in [0.5, 0.6) is 0 Å². The third-order valence-electron chi connectivity index (χ3n) is 2.97. The van der Waals surface area contributed by atoms with Gasteiger partial charge in [-0.3, -0.25) is 9.78 Å². The average Bonchev–Trinajstić information content (AvgIpc) is 2.34. The number of pyridine rings is 1. The van der Waals surface area contributed by atoms with Crippen LogP contribution >= 0.6 is 0 Å². The summed E-state index contributed by atoms with van der Waals surface area (Å²) in [7, 11) is 0. The van der Waals surface area contributed by atoms with E-state index in [1.165, 1.54) is 0 Å². The summed E-state index contributed by atoms with van der Waals surface area (Å²) in [6.45, 7) is 5.55. The first-order valence-electron chi connectivity index (χ1n) is 5.97. The Kier molecular flexibility index (Phi) is 3.55. The van der Waals surface area contributed by atoms with E-state index in [-0.39, 0.29) is 6.42 Å². The van der Waals surface area contributed by atoms with Gasteiger partial charge in [-0.1, -0.05) is 6.07 Å². The third kappa shape index (κ3) is 2.76. The second-order valence-corrected chi connectivity index (χ2v) is 4.44. The molecule has 5 heteroatoms. The number of aliphatic carboxylic acids is 1. The minimum atomic E-state index is -0.878. The van der Waals surface area contributed by atoms with E-state index >= 15 is 0 Å². The molecule has 1 N–H and O–H groups in total. The molecule has 0 spiro atoms. The maximum atomic E-state index is 10.8. The third-order valence-corrected chi connectivity index (χ3v) is 2.97. The lowest BCUT2D eigenvalue weighted by Gasteiger charge is -2.10. The fraction of sp³-hybridized carbons (Fsp3) is 0.286. The van der Waals surface area contributed by atoms with Crippen molar-refractivity contribution in [3.8, 4) is 11.5 Å². The van der Waals surface area contributed by atoms with Gasteiger partial charge < -0.3 is 5.11 Å². The maximum absolute atomic E-state index is 10.8. The maximum Gasteiger partial charge on any atom is 0.307 e. The molecule has 0 amide bonds. The van der Waals surface area contributed by atoms with Crippen LogP contribution in [0.1, 0.15) is 22.5 Å². The molecule has 0 atom stereocenters. The largest absolute Gasteiger partial charge is 0.481 e. The van der Waals surface area contributed by atoms with Gasteiger partial charge in [0.15, 0.2) is 5.82 Å². The summed E-state index contributed by atoms with van der Waals surface area (Å²) in [5.74, 6) is -0.334. The number of rotatable bonds is 3. The summed E-state index contributed by atoms with van der Waals surface area (Å²) >= 11 is 0. The highest BCUT2D eigenvalue weighted by Crippen LogP contribution is 2.20. The first-order chi connectivity index (χ1) is 8.99. The molecule has 0 bridgehead atoms. The van der Waals surface area contributed by atoms with E-state index in [2.05, 4.69) is 15.0 Å². The van der Waals surface area contributed by atoms with Gasteiger partial charge in [0, 0.05) is 23.1 Å². The van der Waals surface area contributed by atoms with E-state index in [0.717, 1.165) is 11.3 Å². The monoisotopic (exact) mass is 257 g/mol. The van der Waals surface area contributed by atoms with Crippen molar-refractivity contribution in [3.05, 3.63) is 40.8 Å². The Morgan fingerprint density at radius 1 is 1.21 bits per heavy atom. The highest BCUT2D eigenvalue weighted by molar-refractivity contribution is 5.71. The van der Waals surface area contributed by atoms with Crippen molar-refractivity contribution in [1.82, 2.24) is 15.0 Å². The van der Waals surface area contributed by atoms with E-state index in [9.17, 15) is 4.79 Å². The van der Waals surface area contributed by atoms with Crippen molar-refractivity contribution in [2.45, 2.75) is 27.2 Å². The standard InChI is InChI=1S/C14H15N3O2/c1-8-5-4-6-15-13(8)14-16-9(2)11(7-12(18)19)10(3)17-14/h4-6H,7H2,1-3H3,(H,18,19). The highest BCUT2D eigenvalue weighted by Gasteiger charge is 2.14. The molecule has 0 unspecified atom stereocenters. The van der Waals surface area contributed by atoms with Gasteiger partial charge in [-0.15, -0.1) is 0 Å². The molecule has 19 heavy (non-hydrogen) atoms. The zero-order valence-electron chi connectivity index (χ0n) is 11.1. The molecule has 0 aliphatic heterocycles. The lowest BCUT2D eigenvalue weighted by atomic mass is 10.1. The van der Waals surface area contributed by atoms with Gasteiger partial charge in [-0.25, -0.2) is 9.97 Å². The summed E-state index contributed by atoms with van der Waals surface area (Å²) in [6.07, 6.45) is 1.64. The Hall–Kier alpha value is -2.30. The van der Waals surface area contributed by atoms with Gasteiger partial charge in [0.25, 0.3) is 0 Å². The van der Waals surface area contributed by atoms with E-state index in [1.54, 1.807) is 20.0 Å². The second kappa shape index (κ2) is 5.14. The summed E-state index contributed by atoms with van der Waals surface area (Å²) in [5.41, 5.74) is 3.78. The highest BCUT2D eigenvalue weighted by atomic mass is 16.4. The molecule has 0 aliphatic rings. The van der Waals surface area contributed by atoms with Crippen molar-refractivity contribution in [2.75, 3.05) is 0 Å². The lowest BCUT2D eigenvalue weighted by molar-refractivity contribution is -0.136. The van der Waals surface area contributed by atoms with Crippen LogP contribution in [-0.2, 0) is 11.2 Å². The molecule has 2 rings (SSSR count). The van der Waals surface area contributed by atoms with Crippen LogP contribution in [0, 0.1) is 20.8 Å². The van der Waals surface area contributed by atoms with Crippen LogP contribution in [-0.4, -0.2) is 26.0 Å². The van der Waals surface area contributed by atoms with Crippen molar-refractivity contribution >= 4 is 5.97 Å². The van der Waals surface area contributed by atoms with Crippen LogP contribution in [0.25, 0.3) is 11.5 Å². The van der Waals surface area contributed by atoms with Gasteiger partial charge in [0.05, 0.1) is 6.42 Å². The van der Waals surface area contributed by atoms with E-state index < -0.39 is 5.97 Å². The molecule has 2 aromatic heterocycles. The molecule has 0 fully saturated rings. The van der Waals surface area contributed by atoms with Crippen molar-refractivity contribution in [2.24, 2.45) is 0 Å². The topological polar surface area (TPSA) is 76.0 Å². The van der Waals surface area contributed by atoms with Gasteiger partial charge in [-0.2, -0.15) is 0 Å². The molecule has 0 saturated carbocycles. The van der Waals surface area contributed by atoms with Crippen LogP contribution in [0.3, 0.4) is 0 Å². The Bertz CT molecular complexity index is 615. The molecule has 2 heterocycles. The molecule has 0 aromatic carbocycles. The smallest absolute Gasteiger partial charge is 0.307 e. The Labute approximate surface area is 111 Å². The first kappa shape index (κ1) is 13.1. The quantitative estimate of drug-likeness (QED) is 0.911. The van der Waals surface area contributed by atoms with E-state index in [0.29, 0.717) is 22.8 Å². The number of aromatic nitrogens is 3. The number of aryl methyl sites for hydroxylation is 3. The number of carboxylic acids is 1. The van der Waals surface area contributed by atoms with Crippen LogP contribution in [0.15, 0.2) is 18.3 Å². The molecule has 98 valence electrons. The fourth-order valence-corrected chi connectivity index (χ4v) is 1.97. The normalized spacial score (nSPS) is 10.5. The second-order valence-electron chi connectivity index (χ2n) is 4.44. The van der Waals surface area contributed by atoms with E-state index in [4.69, 9.17) is 5.11 Å². The predicted molar refractivity (Wildman–Crippen MR) is 70.8 cm³/mol. The fourth-order valence-electron chi connectivity index (χ4n) is 1.97. The SMILES string of the molecule is Cc1cccnc1-c1nc(C)c(CC(=O)O)c(C)n1. The molecule has 5 nitrogen and oxygen atoms in total. The van der Waals surface area contributed by atoms with Crippen LogP contribution < -0.4 is 0 Å². The molecule has 0 radical (unpaired) electrons. The zero-order valence-corrected chi connectivity index (χ0v) is 11.1. The Morgan fingerprint density at radius 3 is 2.37 bits per heavy atom. The predicted octanol–water partition coefficient (Wildman–Crippen LogP) is 2.09. The minimum Gasteiger partial charge on any atom is -0.481 e. The Morgan fingerprint density at radius 2 is 1.84 bits per heavy atom. The number of hydrogen-bond acceptors (Lipinski definition) is 4. The van der Waals surface area contributed by atoms with E-state index in [1.807, 2.05) is 19.1 Å². The summed E-state index contributed by atoms with van der Waals surface area (Å²) in [5, 5.41) is 8.88. The molecule has 2 aromatic rings. The van der Waals surface area contributed by atoms with Gasteiger partial charge in [0.1, 0.15) is 5.69 Å². The summed E-state index contributed by atoms with van der Waals surface area (Å²) in [6, 6.07) is 3.80. The Balaban J connectivity index is 2.51. The number of carboxylic acid groups (broad SMARTS) is 1.